The molecule has 2 aliphatic rings. The first-order chi connectivity index (χ1) is 13.0. The molecule has 2 atom stereocenters. The number of rotatable bonds is 3. The van der Waals surface area contributed by atoms with E-state index in [1.54, 1.807) is 25.2 Å². The molecule has 1 fully saturated rings. The third kappa shape index (κ3) is 3.21. The van der Waals surface area contributed by atoms with Gasteiger partial charge in [0.05, 0.1) is 11.5 Å². The number of aromatic nitrogens is 1. The monoisotopic (exact) mass is 364 g/mol. The van der Waals surface area contributed by atoms with Crippen molar-refractivity contribution in [1.29, 1.82) is 0 Å². The summed E-state index contributed by atoms with van der Waals surface area (Å²) >= 11 is 0. The van der Waals surface area contributed by atoms with E-state index in [1.165, 1.54) is 0 Å². The van der Waals surface area contributed by atoms with E-state index in [-0.39, 0.29) is 17.7 Å². The van der Waals surface area contributed by atoms with Crippen LogP contribution in [0.25, 0.3) is 0 Å². The summed E-state index contributed by atoms with van der Waals surface area (Å²) in [5, 5.41) is 3.21. The molecule has 0 radical (unpaired) electrons. The molecule has 1 aromatic heterocycles. The van der Waals surface area contributed by atoms with Gasteiger partial charge in [-0.15, -0.1) is 0 Å². The molecule has 0 bridgehead atoms. The molecule has 1 N–H and O–H groups in total. The summed E-state index contributed by atoms with van der Waals surface area (Å²) in [6.45, 7) is 1.98. The fraction of sp³-hybridized carbons (Fsp3) is 0.381. The van der Waals surface area contributed by atoms with Gasteiger partial charge in [0.1, 0.15) is 0 Å². The third-order valence-electron chi connectivity index (χ3n) is 5.61. The summed E-state index contributed by atoms with van der Waals surface area (Å²) in [4.78, 5) is 33.8. The van der Waals surface area contributed by atoms with Gasteiger partial charge in [0, 0.05) is 51.7 Å². The van der Waals surface area contributed by atoms with Crippen molar-refractivity contribution in [1.82, 2.24) is 20.1 Å². The Balaban J connectivity index is 1.66. The van der Waals surface area contributed by atoms with Gasteiger partial charge in [-0.3, -0.25) is 19.5 Å². The Morgan fingerprint density at radius 2 is 2.11 bits per heavy atom. The molecule has 6 nitrogen and oxygen atoms in total. The van der Waals surface area contributed by atoms with Crippen LogP contribution in [0.4, 0.5) is 0 Å². The maximum Gasteiger partial charge on any atom is 0.252 e. The highest BCUT2D eigenvalue weighted by Gasteiger charge is 2.53. The highest BCUT2D eigenvalue weighted by atomic mass is 16.2. The van der Waals surface area contributed by atoms with Crippen molar-refractivity contribution in [3.05, 3.63) is 65.5 Å². The standard InChI is InChI=1S/C21H24N4O2/c1-24(2)20(27)18-13-25(12-15-6-5-9-22-11-15)14-21(18)10-16-7-3-4-8-17(16)19(26)23-21/h3-9,11,18H,10,12-14H2,1-2H3,(H,23,26)/t18-,21+/m0/s1. The number of pyridine rings is 1. The van der Waals surface area contributed by atoms with Crippen molar-refractivity contribution in [2.75, 3.05) is 27.2 Å². The van der Waals surface area contributed by atoms with Gasteiger partial charge in [-0.1, -0.05) is 24.3 Å². The van der Waals surface area contributed by atoms with Crippen LogP contribution in [-0.2, 0) is 17.8 Å². The molecule has 3 heterocycles. The number of benzene rings is 1. The first-order valence-corrected chi connectivity index (χ1v) is 9.21. The fourth-order valence-electron chi connectivity index (χ4n) is 4.38. The molecule has 140 valence electrons. The molecule has 0 saturated carbocycles. The lowest BCUT2D eigenvalue weighted by Crippen LogP contribution is -2.61. The smallest absolute Gasteiger partial charge is 0.252 e. The zero-order valence-electron chi connectivity index (χ0n) is 15.7. The first-order valence-electron chi connectivity index (χ1n) is 9.21. The van der Waals surface area contributed by atoms with Gasteiger partial charge in [0.2, 0.25) is 5.91 Å². The number of carbonyl (C=O) groups excluding carboxylic acids is 2. The lowest BCUT2D eigenvalue weighted by Gasteiger charge is -2.40. The van der Waals surface area contributed by atoms with Gasteiger partial charge in [-0.05, 0) is 29.7 Å². The predicted octanol–water partition coefficient (Wildman–Crippen LogP) is 1.33. The maximum atomic E-state index is 13.0. The summed E-state index contributed by atoms with van der Waals surface area (Å²) < 4.78 is 0. The normalized spacial score (nSPS) is 24.5. The molecule has 1 aromatic carbocycles. The second kappa shape index (κ2) is 6.78. The number of carbonyl (C=O) groups is 2. The molecular weight excluding hydrogens is 340 g/mol. The lowest BCUT2D eigenvalue weighted by atomic mass is 9.77. The lowest BCUT2D eigenvalue weighted by molar-refractivity contribution is -0.134. The van der Waals surface area contributed by atoms with Crippen molar-refractivity contribution in [3.8, 4) is 0 Å². The Hall–Kier alpha value is -2.73. The number of nitrogens with zero attached hydrogens (tertiary/aromatic N) is 3. The average Bonchev–Trinajstić information content (AvgIpc) is 2.98. The van der Waals surface area contributed by atoms with Crippen LogP contribution in [0.1, 0.15) is 21.5 Å². The molecule has 1 spiro atoms. The van der Waals surface area contributed by atoms with Crippen LogP contribution in [-0.4, -0.2) is 59.3 Å². The molecule has 2 aliphatic heterocycles. The highest BCUT2D eigenvalue weighted by Crippen LogP contribution is 2.36. The molecule has 0 aliphatic carbocycles. The zero-order chi connectivity index (χ0) is 19.0. The van der Waals surface area contributed by atoms with Crippen LogP contribution in [0.2, 0.25) is 0 Å². The van der Waals surface area contributed by atoms with Crippen LogP contribution >= 0.6 is 0 Å². The molecule has 2 amide bonds. The van der Waals surface area contributed by atoms with Crippen LogP contribution in [0, 0.1) is 5.92 Å². The number of hydrogen-bond donors (Lipinski definition) is 1. The zero-order valence-corrected chi connectivity index (χ0v) is 15.7. The molecule has 1 saturated heterocycles. The predicted molar refractivity (Wildman–Crippen MR) is 102 cm³/mol. The van der Waals surface area contributed by atoms with E-state index in [4.69, 9.17) is 0 Å². The number of amides is 2. The fourth-order valence-corrected chi connectivity index (χ4v) is 4.38. The summed E-state index contributed by atoms with van der Waals surface area (Å²) in [7, 11) is 3.55. The van der Waals surface area contributed by atoms with Crippen LogP contribution < -0.4 is 5.32 Å². The van der Waals surface area contributed by atoms with Crippen molar-refractivity contribution in [2.24, 2.45) is 5.92 Å². The summed E-state index contributed by atoms with van der Waals surface area (Å²) in [5.74, 6) is -0.304. The molecule has 0 unspecified atom stereocenters. The van der Waals surface area contributed by atoms with E-state index in [9.17, 15) is 9.59 Å². The Labute approximate surface area is 159 Å². The second-order valence-corrected chi connectivity index (χ2v) is 7.76. The van der Waals surface area contributed by atoms with E-state index in [0.29, 0.717) is 31.6 Å². The van der Waals surface area contributed by atoms with Crippen molar-refractivity contribution >= 4 is 11.8 Å². The van der Waals surface area contributed by atoms with Gasteiger partial charge in [-0.25, -0.2) is 0 Å². The van der Waals surface area contributed by atoms with Crippen molar-refractivity contribution in [2.45, 2.75) is 18.5 Å². The van der Waals surface area contributed by atoms with E-state index in [2.05, 4.69) is 15.2 Å². The van der Waals surface area contributed by atoms with Gasteiger partial charge in [-0.2, -0.15) is 0 Å². The van der Waals surface area contributed by atoms with E-state index < -0.39 is 5.54 Å². The second-order valence-electron chi connectivity index (χ2n) is 7.76. The van der Waals surface area contributed by atoms with E-state index >= 15 is 0 Å². The summed E-state index contributed by atoms with van der Waals surface area (Å²) in [6.07, 6.45) is 4.27. The summed E-state index contributed by atoms with van der Waals surface area (Å²) in [6, 6.07) is 11.6. The number of hydrogen-bond acceptors (Lipinski definition) is 4. The van der Waals surface area contributed by atoms with Crippen molar-refractivity contribution in [3.63, 3.8) is 0 Å². The largest absolute Gasteiger partial charge is 0.348 e. The third-order valence-corrected chi connectivity index (χ3v) is 5.61. The van der Waals surface area contributed by atoms with Crippen molar-refractivity contribution < 1.29 is 9.59 Å². The minimum atomic E-state index is -0.574. The number of likely N-dealkylation sites (tertiary alicyclic amines) is 1. The van der Waals surface area contributed by atoms with E-state index in [0.717, 1.165) is 11.1 Å². The molecule has 6 heteroatoms. The SMILES string of the molecule is CN(C)C(=O)[C@@H]1CN(Cc2cccnc2)C[C@]12Cc1ccccc1C(=O)N2. The Bertz CT molecular complexity index is 867. The minimum absolute atomic E-state index is 0.0587. The van der Waals surface area contributed by atoms with Crippen LogP contribution in [0.5, 0.6) is 0 Å². The van der Waals surface area contributed by atoms with Gasteiger partial charge < -0.3 is 10.2 Å². The number of nitrogens with one attached hydrogen (secondary N) is 1. The van der Waals surface area contributed by atoms with E-state index in [1.807, 2.05) is 42.6 Å². The van der Waals surface area contributed by atoms with Gasteiger partial charge in [0.15, 0.2) is 0 Å². The molecule has 27 heavy (non-hydrogen) atoms. The average molecular weight is 364 g/mol. The maximum absolute atomic E-state index is 13.0. The molecular formula is C21H24N4O2. The molecule has 4 rings (SSSR count). The Morgan fingerprint density at radius 1 is 1.30 bits per heavy atom. The Morgan fingerprint density at radius 3 is 2.85 bits per heavy atom. The van der Waals surface area contributed by atoms with Crippen LogP contribution in [0.3, 0.4) is 0 Å². The Kier molecular flexibility index (Phi) is 4.44. The molecule has 2 aromatic rings. The quantitative estimate of drug-likeness (QED) is 0.892. The van der Waals surface area contributed by atoms with Gasteiger partial charge in [0.25, 0.3) is 5.91 Å². The minimum Gasteiger partial charge on any atom is -0.348 e. The first kappa shape index (κ1) is 17.7. The van der Waals surface area contributed by atoms with Crippen LogP contribution in [0.15, 0.2) is 48.8 Å². The van der Waals surface area contributed by atoms with Gasteiger partial charge >= 0.3 is 0 Å². The summed E-state index contributed by atoms with van der Waals surface area (Å²) in [5.41, 5.74) is 2.26. The topological polar surface area (TPSA) is 65.5 Å². The number of fused-ring (bicyclic) bond motifs is 1. The highest BCUT2D eigenvalue weighted by molar-refractivity contribution is 5.98.